The Labute approximate surface area is 196 Å². The number of imide groups is 1. The molecule has 1 N–H and O–H groups in total. The second-order valence-electron chi connectivity index (χ2n) is 6.13. The zero-order valence-corrected chi connectivity index (χ0v) is 18.7. The zero-order chi connectivity index (χ0) is 22.5. The van der Waals surface area contributed by atoms with Gasteiger partial charge in [0.05, 0.1) is 21.5 Å². The van der Waals surface area contributed by atoms with Crippen molar-refractivity contribution in [2.75, 3.05) is 19.8 Å². The minimum atomic E-state index is -1.18. The Kier molecular flexibility index (Phi) is 7.72. The van der Waals surface area contributed by atoms with Crippen molar-refractivity contribution in [3.63, 3.8) is 0 Å². The summed E-state index contributed by atoms with van der Waals surface area (Å²) < 4.78 is 10.6. The number of nitrogens with zero attached hydrogens (tertiary/aromatic N) is 1. The normalized spacial score (nSPS) is 14.9. The van der Waals surface area contributed by atoms with Crippen LogP contribution < -0.4 is 9.47 Å². The standard InChI is InChI=1S/C20H14Cl3NO6S/c21-12-1-3-13(4-2-12)29-6-5-24-19(27)16(31-20(24)28)9-11-7-14(22)18(15(23)8-11)30-10-17(25)26/h1-4,7-9H,5-6,10H2,(H,25,26)/b16-9-. The first-order valence-corrected chi connectivity index (χ1v) is 10.7. The van der Waals surface area contributed by atoms with Crippen molar-refractivity contribution < 1.29 is 29.0 Å². The third-order valence-corrected chi connectivity index (χ3v) is 5.65. The number of hydrogen-bond acceptors (Lipinski definition) is 6. The van der Waals surface area contributed by atoms with Gasteiger partial charge in [0.15, 0.2) is 12.4 Å². The Morgan fingerprint density at radius 2 is 1.71 bits per heavy atom. The van der Waals surface area contributed by atoms with E-state index in [1.54, 1.807) is 24.3 Å². The lowest BCUT2D eigenvalue weighted by Gasteiger charge is -2.13. The SMILES string of the molecule is O=C(O)COc1c(Cl)cc(/C=C2\SC(=O)N(CCOc3ccc(Cl)cc3)C2=O)cc1Cl. The average molecular weight is 503 g/mol. The van der Waals surface area contributed by atoms with Gasteiger partial charge < -0.3 is 14.6 Å². The van der Waals surface area contributed by atoms with Crippen LogP contribution in [-0.2, 0) is 9.59 Å². The Morgan fingerprint density at radius 3 is 2.32 bits per heavy atom. The van der Waals surface area contributed by atoms with E-state index in [4.69, 9.17) is 49.4 Å². The maximum absolute atomic E-state index is 12.6. The number of carboxylic acid groups (broad SMARTS) is 1. The smallest absolute Gasteiger partial charge is 0.341 e. The van der Waals surface area contributed by atoms with Crippen molar-refractivity contribution in [3.05, 3.63) is 61.9 Å². The summed E-state index contributed by atoms with van der Waals surface area (Å²) in [6.07, 6.45) is 1.48. The third-order valence-electron chi connectivity index (χ3n) is 3.93. The van der Waals surface area contributed by atoms with Crippen molar-refractivity contribution in [1.29, 1.82) is 0 Å². The van der Waals surface area contributed by atoms with Crippen LogP contribution >= 0.6 is 46.6 Å². The summed E-state index contributed by atoms with van der Waals surface area (Å²) in [6, 6.07) is 9.65. The highest BCUT2D eigenvalue weighted by atomic mass is 35.5. The van der Waals surface area contributed by atoms with Crippen LogP contribution in [0.2, 0.25) is 15.1 Å². The van der Waals surface area contributed by atoms with Crippen LogP contribution in [0.1, 0.15) is 5.56 Å². The number of amides is 2. The van der Waals surface area contributed by atoms with Crippen LogP contribution in [-0.4, -0.2) is 46.9 Å². The highest BCUT2D eigenvalue weighted by Gasteiger charge is 2.34. The van der Waals surface area contributed by atoms with E-state index in [1.165, 1.54) is 18.2 Å². The molecule has 0 bridgehead atoms. The van der Waals surface area contributed by atoms with Crippen LogP contribution in [0.5, 0.6) is 11.5 Å². The summed E-state index contributed by atoms with van der Waals surface area (Å²) in [5.41, 5.74) is 0.459. The Bertz CT molecular complexity index is 1030. The fraction of sp³-hybridized carbons (Fsp3) is 0.150. The van der Waals surface area contributed by atoms with E-state index in [0.29, 0.717) is 16.3 Å². The third kappa shape index (κ3) is 6.07. The lowest BCUT2D eigenvalue weighted by Crippen LogP contribution is -2.32. The minimum absolute atomic E-state index is 0.0235. The summed E-state index contributed by atoms with van der Waals surface area (Å²) >= 11 is 18.8. The molecule has 1 aliphatic rings. The van der Waals surface area contributed by atoms with Crippen LogP contribution in [0.25, 0.3) is 6.08 Å². The number of benzene rings is 2. The van der Waals surface area contributed by atoms with E-state index in [0.717, 1.165) is 16.7 Å². The van der Waals surface area contributed by atoms with Gasteiger partial charge in [-0.15, -0.1) is 0 Å². The largest absolute Gasteiger partial charge is 0.492 e. The number of aliphatic carboxylic acids is 1. The molecule has 0 unspecified atom stereocenters. The molecule has 162 valence electrons. The van der Waals surface area contributed by atoms with Gasteiger partial charge >= 0.3 is 5.97 Å². The lowest BCUT2D eigenvalue weighted by atomic mass is 10.2. The van der Waals surface area contributed by atoms with E-state index in [2.05, 4.69) is 0 Å². The number of carbonyl (C=O) groups excluding carboxylic acids is 2. The van der Waals surface area contributed by atoms with E-state index in [-0.39, 0.29) is 33.9 Å². The molecule has 7 nitrogen and oxygen atoms in total. The van der Waals surface area contributed by atoms with Crippen molar-refractivity contribution in [3.8, 4) is 11.5 Å². The molecule has 1 heterocycles. The zero-order valence-electron chi connectivity index (χ0n) is 15.6. The molecule has 3 rings (SSSR count). The number of carboxylic acids is 1. The van der Waals surface area contributed by atoms with Gasteiger partial charge in [0.2, 0.25) is 0 Å². The number of thioether (sulfide) groups is 1. The number of carbonyl (C=O) groups is 3. The predicted octanol–water partition coefficient (Wildman–Crippen LogP) is 5.23. The van der Waals surface area contributed by atoms with Crippen molar-refractivity contribution in [2.45, 2.75) is 0 Å². The highest BCUT2D eigenvalue weighted by molar-refractivity contribution is 8.18. The fourth-order valence-corrected chi connectivity index (χ4v) is 4.17. The number of hydrogen-bond donors (Lipinski definition) is 1. The summed E-state index contributed by atoms with van der Waals surface area (Å²) in [6.45, 7) is -0.399. The molecule has 2 aromatic carbocycles. The molecular formula is C20H14Cl3NO6S. The minimum Gasteiger partial charge on any atom is -0.492 e. The average Bonchev–Trinajstić information content (AvgIpc) is 2.96. The number of halogens is 3. The van der Waals surface area contributed by atoms with Gasteiger partial charge in [-0.1, -0.05) is 34.8 Å². The summed E-state index contributed by atoms with van der Waals surface area (Å²) in [7, 11) is 0. The van der Waals surface area contributed by atoms with Crippen molar-refractivity contribution in [1.82, 2.24) is 4.90 Å². The van der Waals surface area contributed by atoms with Gasteiger partial charge in [-0.05, 0) is 59.8 Å². The number of ether oxygens (including phenoxy) is 2. The van der Waals surface area contributed by atoms with Crippen LogP contribution in [0, 0.1) is 0 Å². The molecule has 0 radical (unpaired) electrons. The molecule has 0 saturated carbocycles. The van der Waals surface area contributed by atoms with Crippen LogP contribution in [0.15, 0.2) is 41.3 Å². The van der Waals surface area contributed by atoms with Crippen LogP contribution in [0.4, 0.5) is 4.79 Å². The molecule has 1 saturated heterocycles. The quantitative estimate of drug-likeness (QED) is 0.494. The molecule has 0 spiro atoms. The Hall–Kier alpha value is -2.39. The van der Waals surface area contributed by atoms with Crippen molar-refractivity contribution in [2.24, 2.45) is 0 Å². The number of rotatable bonds is 8. The molecule has 1 fully saturated rings. The molecule has 2 amide bonds. The second kappa shape index (κ2) is 10.3. The monoisotopic (exact) mass is 501 g/mol. The first kappa shape index (κ1) is 23.3. The summed E-state index contributed by atoms with van der Waals surface area (Å²) in [5.74, 6) is -1.05. The van der Waals surface area contributed by atoms with Gasteiger partial charge in [0.25, 0.3) is 11.1 Å². The fourth-order valence-electron chi connectivity index (χ4n) is 2.56. The van der Waals surface area contributed by atoms with Crippen LogP contribution in [0.3, 0.4) is 0 Å². The molecular weight excluding hydrogens is 489 g/mol. The topological polar surface area (TPSA) is 93.1 Å². The summed E-state index contributed by atoms with van der Waals surface area (Å²) in [5, 5.41) is 9.02. The molecule has 31 heavy (non-hydrogen) atoms. The lowest BCUT2D eigenvalue weighted by molar-refractivity contribution is -0.139. The van der Waals surface area contributed by atoms with E-state index in [9.17, 15) is 14.4 Å². The molecule has 2 aromatic rings. The molecule has 11 heteroatoms. The molecule has 1 aliphatic heterocycles. The molecule has 0 aliphatic carbocycles. The molecule has 0 aromatic heterocycles. The van der Waals surface area contributed by atoms with Gasteiger partial charge in [-0.3, -0.25) is 14.5 Å². The van der Waals surface area contributed by atoms with E-state index in [1.807, 2.05) is 0 Å². The first-order valence-electron chi connectivity index (χ1n) is 8.72. The molecule has 0 atom stereocenters. The Morgan fingerprint density at radius 1 is 1.06 bits per heavy atom. The maximum atomic E-state index is 12.6. The van der Waals surface area contributed by atoms with Gasteiger partial charge in [-0.2, -0.15) is 0 Å². The predicted molar refractivity (Wildman–Crippen MR) is 119 cm³/mol. The first-order chi connectivity index (χ1) is 14.7. The highest BCUT2D eigenvalue weighted by Crippen LogP contribution is 2.37. The maximum Gasteiger partial charge on any atom is 0.341 e. The summed E-state index contributed by atoms with van der Waals surface area (Å²) in [4.78, 5) is 36.8. The van der Waals surface area contributed by atoms with Crippen molar-refractivity contribution >= 4 is 69.8 Å². The van der Waals surface area contributed by atoms with Gasteiger partial charge in [-0.25, -0.2) is 4.79 Å². The van der Waals surface area contributed by atoms with Gasteiger partial charge in [0, 0.05) is 5.02 Å². The van der Waals surface area contributed by atoms with E-state index < -0.39 is 23.7 Å². The second-order valence-corrected chi connectivity index (χ2v) is 8.38. The Balaban J connectivity index is 1.66. The van der Waals surface area contributed by atoms with E-state index >= 15 is 0 Å². The van der Waals surface area contributed by atoms with Gasteiger partial charge in [0.1, 0.15) is 12.4 Å².